The van der Waals surface area contributed by atoms with E-state index in [1.807, 2.05) is 0 Å². The first kappa shape index (κ1) is 24.2. The Morgan fingerprint density at radius 2 is 2.00 bits per heavy atom. The first-order chi connectivity index (χ1) is 17.0. The molecule has 0 bridgehead atoms. The van der Waals surface area contributed by atoms with Crippen LogP contribution in [0.2, 0.25) is 0 Å². The van der Waals surface area contributed by atoms with Crippen molar-refractivity contribution in [3.63, 3.8) is 0 Å². The number of imide groups is 1. The van der Waals surface area contributed by atoms with E-state index in [4.69, 9.17) is 0 Å². The molecule has 1 aliphatic heterocycles. The topological polar surface area (TPSA) is 135 Å². The Balaban J connectivity index is 1.55. The number of rotatable bonds is 8. The summed E-state index contributed by atoms with van der Waals surface area (Å²) in [5, 5.41) is 8.31. The van der Waals surface area contributed by atoms with Gasteiger partial charge >= 0.3 is 11.9 Å². The number of aryl methyl sites for hydroxylation is 3. The molecule has 1 atom stereocenters. The van der Waals surface area contributed by atoms with E-state index in [0.717, 1.165) is 4.90 Å². The van der Waals surface area contributed by atoms with Gasteiger partial charge in [-0.25, -0.2) is 32.0 Å². The third-order valence-electron chi connectivity index (χ3n) is 6.50. The number of carbonyl (C=O) groups is 2. The molecular formula is C22H26FN8O4S+. The lowest BCUT2D eigenvalue weighted by atomic mass is 9.94. The second-order valence-corrected chi connectivity index (χ2v) is 11.0. The molecule has 2 aromatic rings. The maximum atomic E-state index is 13.5. The van der Waals surface area contributed by atoms with Crippen LogP contribution < -0.4 is 4.72 Å². The molecule has 2 aliphatic carbocycles. The largest absolute Gasteiger partial charge is 0.501 e. The fourth-order valence-corrected chi connectivity index (χ4v) is 5.87. The first-order valence-electron chi connectivity index (χ1n) is 11.4. The van der Waals surface area contributed by atoms with Gasteiger partial charge in [0.15, 0.2) is 12.4 Å². The molecule has 3 heterocycles. The summed E-state index contributed by atoms with van der Waals surface area (Å²) >= 11 is 0. The Kier molecular flexibility index (Phi) is 5.75. The molecule has 0 aromatic carbocycles. The SMILES string of the molecule is Cc1nc(C[N+]2=C3C=CC(S(=O)(=O)NC4(CF)CC4)=CC3C(=O)N(Cc3cnn(C)c3)C2=O)n(C)n1. The lowest BCUT2D eigenvalue weighted by Crippen LogP contribution is -2.54. The van der Waals surface area contributed by atoms with Crippen molar-refractivity contribution in [2.24, 2.45) is 20.0 Å². The predicted molar refractivity (Wildman–Crippen MR) is 125 cm³/mol. The van der Waals surface area contributed by atoms with Crippen molar-refractivity contribution in [3.05, 3.63) is 52.7 Å². The summed E-state index contributed by atoms with van der Waals surface area (Å²) in [6.45, 7) is 0.920. The van der Waals surface area contributed by atoms with Crippen molar-refractivity contribution in [1.29, 1.82) is 0 Å². The van der Waals surface area contributed by atoms with Crippen molar-refractivity contribution < 1.29 is 27.0 Å². The zero-order chi connectivity index (χ0) is 25.8. The van der Waals surface area contributed by atoms with Gasteiger partial charge in [0, 0.05) is 25.9 Å². The van der Waals surface area contributed by atoms with Gasteiger partial charge in [0.25, 0.3) is 0 Å². The zero-order valence-corrected chi connectivity index (χ0v) is 20.9. The van der Waals surface area contributed by atoms with E-state index < -0.39 is 40.1 Å². The lowest BCUT2D eigenvalue weighted by molar-refractivity contribution is -0.458. The van der Waals surface area contributed by atoms with Crippen LogP contribution in [0.1, 0.15) is 30.1 Å². The molecule has 12 nitrogen and oxygen atoms in total. The summed E-state index contributed by atoms with van der Waals surface area (Å²) in [7, 11) is -0.647. The number of nitrogens with zero attached hydrogens (tertiary/aromatic N) is 7. The molecule has 1 unspecified atom stereocenters. The van der Waals surface area contributed by atoms with Crippen LogP contribution >= 0.6 is 0 Å². The Bertz CT molecular complexity index is 1460. The van der Waals surface area contributed by atoms with Gasteiger partial charge in [-0.1, -0.05) is 0 Å². The van der Waals surface area contributed by atoms with Crippen molar-refractivity contribution in [3.8, 4) is 0 Å². The molecule has 14 heteroatoms. The molecule has 3 aliphatic rings. The van der Waals surface area contributed by atoms with E-state index in [9.17, 15) is 22.4 Å². The number of alkyl halides is 1. The van der Waals surface area contributed by atoms with E-state index in [2.05, 4.69) is 19.9 Å². The second-order valence-electron chi connectivity index (χ2n) is 9.34. The summed E-state index contributed by atoms with van der Waals surface area (Å²) in [6, 6.07) is -0.562. The van der Waals surface area contributed by atoms with Crippen molar-refractivity contribution in [1.82, 2.24) is 34.2 Å². The lowest BCUT2D eigenvalue weighted by Gasteiger charge is -2.27. The predicted octanol–water partition coefficient (Wildman–Crippen LogP) is 0.464. The highest BCUT2D eigenvalue weighted by Gasteiger charge is 2.50. The number of allylic oxidation sites excluding steroid dienone is 2. The van der Waals surface area contributed by atoms with Gasteiger partial charge in [-0.05, 0) is 38.0 Å². The highest BCUT2D eigenvalue weighted by Crippen LogP contribution is 2.37. The quantitative estimate of drug-likeness (QED) is 0.503. The average molecular weight is 518 g/mol. The normalized spacial score (nSPS) is 21.2. The molecule has 0 saturated heterocycles. The van der Waals surface area contributed by atoms with Crippen LogP contribution in [-0.4, -0.2) is 72.3 Å². The minimum absolute atomic E-state index is 0.0301. The fraction of sp³-hybridized carbons (Fsp3) is 0.455. The van der Waals surface area contributed by atoms with Crippen LogP contribution in [0.3, 0.4) is 0 Å². The zero-order valence-electron chi connectivity index (χ0n) is 20.0. The van der Waals surface area contributed by atoms with Crippen molar-refractivity contribution >= 4 is 27.7 Å². The number of hydrogen-bond acceptors (Lipinski definition) is 7. The highest BCUT2D eigenvalue weighted by molar-refractivity contribution is 7.93. The number of carbonyl (C=O) groups excluding carboxylic acids is 2. The number of urea groups is 1. The summed E-state index contributed by atoms with van der Waals surface area (Å²) in [5.74, 6) is -0.570. The van der Waals surface area contributed by atoms with Crippen LogP contribution in [0.25, 0.3) is 0 Å². The fourth-order valence-electron chi connectivity index (χ4n) is 4.36. The molecule has 2 aromatic heterocycles. The number of fused-ring (bicyclic) bond motifs is 1. The molecule has 0 radical (unpaired) electrons. The van der Waals surface area contributed by atoms with Crippen LogP contribution in [-0.2, 0) is 42.0 Å². The third kappa shape index (κ3) is 4.30. The number of sulfonamides is 1. The van der Waals surface area contributed by atoms with E-state index in [-0.39, 0.29) is 18.0 Å². The minimum atomic E-state index is -4.07. The van der Waals surface area contributed by atoms with Crippen molar-refractivity contribution in [2.75, 3.05) is 6.67 Å². The Hall–Kier alpha value is -3.52. The summed E-state index contributed by atoms with van der Waals surface area (Å²) < 4.78 is 46.3. The maximum absolute atomic E-state index is 13.5. The molecule has 1 N–H and O–H groups in total. The molecule has 5 rings (SSSR count). The van der Waals surface area contributed by atoms with Gasteiger partial charge < -0.3 is 0 Å². The van der Waals surface area contributed by atoms with Gasteiger partial charge in [0.05, 0.1) is 16.6 Å². The van der Waals surface area contributed by atoms with Crippen LogP contribution in [0.4, 0.5) is 9.18 Å². The Morgan fingerprint density at radius 3 is 2.58 bits per heavy atom. The number of amides is 3. The van der Waals surface area contributed by atoms with E-state index in [0.29, 0.717) is 35.8 Å². The maximum Gasteiger partial charge on any atom is 0.501 e. The first-order valence-corrected chi connectivity index (χ1v) is 12.8. The second kappa shape index (κ2) is 8.55. The third-order valence-corrected chi connectivity index (χ3v) is 8.10. The van der Waals surface area contributed by atoms with Gasteiger partial charge in [-0.3, -0.25) is 4.68 Å². The standard InChI is InChI=1S/C22H26FN8O4S/c1-14-25-19(29(3)26-14)12-30-18-5-4-16(36(34,35)27-22(13-23)6-7-22)8-17(18)20(32)31(21(30)33)11-15-9-24-28(2)10-15/h4-5,8-10,17,27H,6-7,11-13H2,1-3H3/q+1. The van der Waals surface area contributed by atoms with Gasteiger partial charge in [-0.2, -0.15) is 24.5 Å². The van der Waals surface area contributed by atoms with E-state index in [1.165, 1.54) is 22.8 Å². The Labute approximate surface area is 206 Å². The van der Waals surface area contributed by atoms with Crippen LogP contribution in [0.15, 0.2) is 35.5 Å². The summed E-state index contributed by atoms with van der Waals surface area (Å²) in [5.41, 5.74) is -0.106. The monoisotopic (exact) mass is 517 g/mol. The van der Waals surface area contributed by atoms with Gasteiger partial charge in [-0.15, -0.1) is 0 Å². The molecular weight excluding hydrogens is 491 g/mol. The molecule has 1 fully saturated rings. The Morgan fingerprint density at radius 1 is 1.25 bits per heavy atom. The summed E-state index contributed by atoms with van der Waals surface area (Å²) in [6.07, 6.45) is 8.17. The number of aromatic nitrogens is 5. The highest BCUT2D eigenvalue weighted by atomic mass is 32.2. The van der Waals surface area contributed by atoms with Crippen LogP contribution in [0, 0.1) is 12.8 Å². The average Bonchev–Trinajstić information content (AvgIpc) is 3.35. The van der Waals surface area contributed by atoms with E-state index in [1.54, 1.807) is 42.8 Å². The number of nitrogens with one attached hydrogen (secondary N) is 1. The molecule has 0 spiro atoms. The molecule has 1 saturated carbocycles. The number of hydrogen-bond donors (Lipinski definition) is 1. The molecule has 3 amide bonds. The summed E-state index contributed by atoms with van der Waals surface area (Å²) in [4.78, 5) is 32.4. The van der Waals surface area contributed by atoms with Gasteiger partial charge in [0.1, 0.15) is 30.7 Å². The molecule has 190 valence electrons. The number of halogens is 1. The van der Waals surface area contributed by atoms with Gasteiger partial charge in [0.2, 0.25) is 10.0 Å². The smallest absolute Gasteiger partial charge is 0.275 e. The van der Waals surface area contributed by atoms with E-state index >= 15 is 0 Å². The molecule has 36 heavy (non-hydrogen) atoms. The van der Waals surface area contributed by atoms with Crippen LogP contribution in [0.5, 0.6) is 0 Å². The van der Waals surface area contributed by atoms with Crippen molar-refractivity contribution in [2.45, 2.75) is 38.4 Å². The minimum Gasteiger partial charge on any atom is -0.275 e.